The van der Waals surface area contributed by atoms with Crippen molar-refractivity contribution >= 4 is 17.2 Å². The molecule has 2 rings (SSSR count). The summed E-state index contributed by atoms with van der Waals surface area (Å²) >= 11 is 1.53. The van der Waals surface area contributed by atoms with Crippen LogP contribution in [0, 0.1) is 0 Å². The van der Waals surface area contributed by atoms with Crippen LogP contribution in [0.3, 0.4) is 0 Å². The van der Waals surface area contributed by atoms with Gasteiger partial charge in [-0.1, -0.05) is 6.07 Å². The van der Waals surface area contributed by atoms with Crippen LogP contribution in [0.25, 0.3) is 0 Å². The van der Waals surface area contributed by atoms with Gasteiger partial charge >= 0.3 is 6.18 Å². The average molecular weight is 314 g/mol. The van der Waals surface area contributed by atoms with Gasteiger partial charge in [-0.2, -0.15) is 13.2 Å². The third-order valence-electron chi connectivity index (χ3n) is 2.90. The van der Waals surface area contributed by atoms with Gasteiger partial charge < -0.3 is 4.90 Å². The second-order valence-corrected chi connectivity index (χ2v) is 5.36. The van der Waals surface area contributed by atoms with Gasteiger partial charge in [-0.25, -0.2) is 0 Å². The monoisotopic (exact) mass is 314 g/mol. The summed E-state index contributed by atoms with van der Waals surface area (Å²) in [7, 11) is 0. The molecule has 3 nitrogen and oxygen atoms in total. The Morgan fingerprint density at radius 3 is 2.57 bits per heavy atom. The molecule has 0 fully saturated rings. The third kappa shape index (κ3) is 3.81. The number of hydrogen-bond acceptors (Lipinski definition) is 3. The number of pyridine rings is 1. The summed E-state index contributed by atoms with van der Waals surface area (Å²) in [6.45, 7) is 2.73. The Bertz CT molecular complexity index is 594. The molecule has 0 aromatic carbocycles. The van der Waals surface area contributed by atoms with E-state index in [-0.39, 0.29) is 11.5 Å². The number of carbonyl (C=O) groups excluding carboxylic acids is 1. The van der Waals surface area contributed by atoms with Crippen LogP contribution in [0.1, 0.15) is 27.9 Å². The SMILES string of the molecule is CCN(Cc1cccs1)C(=O)c1ccc(C(F)(F)F)nc1. The highest BCUT2D eigenvalue weighted by molar-refractivity contribution is 7.09. The molecule has 2 aromatic heterocycles. The number of alkyl halides is 3. The van der Waals surface area contributed by atoms with E-state index in [0.717, 1.165) is 23.2 Å². The minimum absolute atomic E-state index is 0.154. The van der Waals surface area contributed by atoms with Crippen molar-refractivity contribution in [3.63, 3.8) is 0 Å². The Hall–Kier alpha value is -1.89. The Morgan fingerprint density at radius 1 is 1.33 bits per heavy atom. The molecule has 21 heavy (non-hydrogen) atoms. The fourth-order valence-electron chi connectivity index (χ4n) is 1.79. The van der Waals surface area contributed by atoms with Crippen LogP contribution >= 0.6 is 11.3 Å². The van der Waals surface area contributed by atoms with Crippen LogP contribution in [0.4, 0.5) is 13.2 Å². The molecule has 0 spiro atoms. The van der Waals surface area contributed by atoms with Crippen molar-refractivity contribution in [1.82, 2.24) is 9.88 Å². The van der Waals surface area contributed by atoms with Crippen LogP contribution < -0.4 is 0 Å². The second kappa shape index (κ2) is 6.26. The first-order valence-corrected chi connectivity index (χ1v) is 7.14. The standard InChI is InChI=1S/C14H13F3N2OS/c1-2-19(9-11-4-3-7-21-11)13(20)10-5-6-12(18-8-10)14(15,16)17/h3-8H,2,9H2,1H3. The lowest BCUT2D eigenvalue weighted by Gasteiger charge is -2.20. The molecule has 0 aliphatic carbocycles. The molecule has 2 aromatic rings. The molecule has 0 radical (unpaired) electrons. The molecule has 0 saturated carbocycles. The van der Waals surface area contributed by atoms with E-state index in [1.807, 2.05) is 24.4 Å². The summed E-state index contributed by atoms with van der Waals surface area (Å²) in [4.78, 5) is 18.2. The van der Waals surface area contributed by atoms with Gasteiger partial charge in [-0.3, -0.25) is 9.78 Å². The van der Waals surface area contributed by atoms with Crippen molar-refractivity contribution < 1.29 is 18.0 Å². The van der Waals surface area contributed by atoms with E-state index >= 15 is 0 Å². The minimum atomic E-state index is -4.50. The molecule has 1 amide bonds. The van der Waals surface area contributed by atoms with E-state index < -0.39 is 11.9 Å². The lowest BCUT2D eigenvalue weighted by Crippen LogP contribution is -2.30. The van der Waals surface area contributed by atoms with E-state index in [0.29, 0.717) is 13.1 Å². The highest BCUT2D eigenvalue weighted by Gasteiger charge is 2.32. The van der Waals surface area contributed by atoms with Gasteiger partial charge in [-0.05, 0) is 30.5 Å². The molecule has 0 saturated heterocycles. The lowest BCUT2D eigenvalue weighted by atomic mass is 10.2. The molecular weight excluding hydrogens is 301 g/mol. The summed E-state index contributed by atoms with van der Waals surface area (Å²) in [6.07, 6.45) is -3.52. The molecule has 112 valence electrons. The van der Waals surface area contributed by atoms with Crippen molar-refractivity contribution in [2.75, 3.05) is 6.54 Å². The predicted molar refractivity (Wildman–Crippen MR) is 74.0 cm³/mol. The van der Waals surface area contributed by atoms with E-state index in [9.17, 15) is 18.0 Å². The number of halogens is 3. The Kier molecular flexibility index (Phi) is 4.62. The van der Waals surface area contributed by atoms with Crippen molar-refractivity contribution in [3.05, 3.63) is 52.0 Å². The fraction of sp³-hybridized carbons (Fsp3) is 0.286. The molecule has 7 heteroatoms. The summed E-state index contributed by atoms with van der Waals surface area (Å²) in [5.74, 6) is -0.327. The first-order valence-electron chi connectivity index (χ1n) is 6.26. The van der Waals surface area contributed by atoms with E-state index in [1.54, 1.807) is 4.90 Å². The number of amides is 1. The third-order valence-corrected chi connectivity index (χ3v) is 3.76. The Balaban J connectivity index is 2.14. The van der Waals surface area contributed by atoms with Crippen molar-refractivity contribution in [2.45, 2.75) is 19.6 Å². The molecule has 0 atom stereocenters. The second-order valence-electron chi connectivity index (χ2n) is 4.33. The molecule has 2 heterocycles. The highest BCUT2D eigenvalue weighted by Crippen LogP contribution is 2.27. The fourth-order valence-corrected chi connectivity index (χ4v) is 2.51. The predicted octanol–water partition coefficient (Wildman–Crippen LogP) is 3.82. The van der Waals surface area contributed by atoms with Crippen LogP contribution in [0.5, 0.6) is 0 Å². The molecule has 0 bridgehead atoms. The zero-order valence-corrected chi connectivity index (χ0v) is 12.0. The minimum Gasteiger partial charge on any atom is -0.334 e. The average Bonchev–Trinajstić information content (AvgIpc) is 2.96. The van der Waals surface area contributed by atoms with E-state index in [2.05, 4.69) is 4.98 Å². The largest absolute Gasteiger partial charge is 0.433 e. The summed E-state index contributed by atoms with van der Waals surface area (Å²) in [6, 6.07) is 5.78. The summed E-state index contributed by atoms with van der Waals surface area (Å²) in [5, 5.41) is 1.91. The Labute approximate surface area is 124 Å². The number of rotatable bonds is 4. The number of nitrogens with zero attached hydrogens (tertiary/aromatic N) is 2. The lowest BCUT2D eigenvalue weighted by molar-refractivity contribution is -0.141. The first-order chi connectivity index (χ1) is 9.91. The van der Waals surface area contributed by atoms with Gasteiger partial charge in [0.15, 0.2) is 0 Å². The maximum Gasteiger partial charge on any atom is 0.433 e. The van der Waals surface area contributed by atoms with E-state index in [4.69, 9.17) is 0 Å². The van der Waals surface area contributed by atoms with Crippen LogP contribution in [0.2, 0.25) is 0 Å². The zero-order valence-electron chi connectivity index (χ0n) is 11.2. The number of hydrogen-bond donors (Lipinski definition) is 0. The summed E-state index contributed by atoms with van der Waals surface area (Å²) in [5.41, 5.74) is -0.846. The molecule has 0 unspecified atom stereocenters. The number of carbonyl (C=O) groups is 1. The summed E-state index contributed by atoms with van der Waals surface area (Å²) < 4.78 is 37.3. The van der Waals surface area contributed by atoms with Crippen LogP contribution in [-0.2, 0) is 12.7 Å². The zero-order chi connectivity index (χ0) is 15.5. The number of aromatic nitrogens is 1. The highest BCUT2D eigenvalue weighted by atomic mass is 32.1. The van der Waals surface area contributed by atoms with E-state index in [1.165, 1.54) is 11.3 Å². The van der Waals surface area contributed by atoms with Gasteiger partial charge in [0, 0.05) is 17.6 Å². The maximum atomic E-state index is 12.4. The van der Waals surface area contributed by atoms with Gasteiger partial charge in [0.05, 0.1) is 12.1 Å². The van der Waals surface area contributed by atoms with Crippen molar-refractivity contribution in [3.8, 4) is 0 Å². The quantitative estimate of drug-likeness (QED) is 0.859. The molecule has 0 aliphatic rings. The number of thiophene rings is 1. The molecular formula is C14H13F3N2OS. The first kappa shape index (κ1) is 15.5. The molecule has 0 N–H and O–H groups in total. The van der Waals surface area contributed by atoms with Gasteiger partial charge in [-0.15, -0.1) is 11.3 Å². The van der Waals surface area contributed by atoms with Gasteiger partial charge in [0.2, 0.25) is 0 Å². The maximum absolute atomic E-state index is 12.4. The van der Waals surface area contributed by atoms with Gasteiger partial charge in [0.1, 0.15) is 5.69 Å². The van der Waals surface area contributed by atoms with Crippen molar-refractivity contribution in [1.29, 1.82) is 0 Å². The molecule has 0 aliphatic heterocycles. The Morgan fingerprint density at radius 2 is 2.10 bits per heavy atom. The topological polar surface area (TPSA) is 33.2 Å². The van der Waals surface area contributed by atoms with Crippen LogP contribution in [-0.4, -0.2) is 22.3 Å². The van der Waals surface area contributed by atoms with Crippen molar-refractivity contribution in [2.24, 2.45) is 0 Å². The van der Waals surface area contributed by atoms with Crippen LogP contribution in [0.15, 0.2) is 35.8 Å². The van der Waals surface area contributed by atoms with Gasteiger partial charge in [0.25, 0.3) is 5.91 Å². The smallest absolute Gasteiger partial charge is 0.334 e. The normalized spacial score (nSPS) is 11.4.